The van der Waals surface area contributed by atoms with E-state index in [0.29, 0.717) is 16.5 Å². The van der Waals surface area contributed by atoms with Crippen LogP contribution in [0.3, 0.4) is 0 Å². The van der Waals surface area contributed by atoms with Gasteiger partial charge < -0.3 is 9.47 Å². The molecule has 0 saturated carbocycles. The molecule has 0 amide bonds. The third-order valence-electron chi connectivity index (χ3n) is 5.27. The summed E-state index contributed by atoms with van der Waals surface area (Å²) in [5, 5.41) is 0.495. The molecule has 4 aromatic rings. The number of carbonyl (C=O) groups excluding carboxylic acids is 2. The normalized spacial score (nSPS) is 10.9. The maximum atomic E-state index is 14.6. The number of hydrogen-bond donors (Lipinski definition) is 0. The van der Waals surface area contributed by atoms with E-state index >= 15 is 0 Å². The van der Waals surface area contributed by atoms with Crippen molar-refractivity contribution in [1.82, 2.24) is 9.55 Å². The number of fused-ring (bicyclic) bond motifs is 1. The monoisotopic (exact) mass is 450 g/mol. The van der Waals surface area contributed by atoms with Gasteiger partial charge in [-0.05, 0) is 61.4 Å². The van der Waals surface area contributed by atoms with E-state index in [1.54, 1.807) is 37.4 Å². The number of carbonyl (C=O) groups is 2. The Kier molecular flexibility index (Phi) is 5.91. The van der Waals surface area contributed by atoms with E-state index in [0.717, 1.165) is 27.8 Å². The van der Waals surface area contributed by atoms with E-state index in [-0.39, 0.29) is 23.5 Å². The average molecular weight is 450 g/mol. The van der Waals surface area contributed by atoms with Crippen molar-refractivity contribution in [3.8, 4) is 22.4 Å². The molecule has 2 aromatic heterocycles. The largest absolute Gasteiger partial charge is 0.465 e. The zero-order chi connectivity index (χ0) is 23.7. The fraction of sp³-hybridized carbons (Fsp3) is 0.160. The van der Waals surface area contributed by atoms with E-state index in [9.17, 15) is 18.4 Å². The standard InChI is InChI=1S/C25H20F2N2O4/c1-4-33-25(31)29-21(22-19(26)6-5-7-20(22)27)12-16-11-17(13-28-23(16)29)18-9-8-15(10-14(18)2)24(30)32-3/h5-13H,4H2,1-3H3. The fourth-order valence-electron chi connectivity index (χ4n) is 3.77. The molecule has 0 bridgehead atoms. The molecule has 0 aliphatic heterocycles. The lowest BCUT2D eigenvalue weighted by Crippen LogP contribution is -2.15. The molecule has 6 nitrogen and oxygen atoms in total. The number of esters is 1. The van der Waals surface area contributed by atoms with Gasteiger partial charge in [-0.3, -0.25) is 0 Å². The Hall–Kier alpha value is -4.07. The minimum atomic E-state index is -0.808. The Morgan fingerprint density at radius 1 is 1.06 bits per heavy atom. The van der Waals surface area contributed by atoms with Gasteiger partial charge in [0.2, 0.25) is 0 Å². The lowest BCUT2D eigenvalue weighted by Gasteiger charge is -2.11. The minimum Gasteiger partial charge on any atom is -0.465 e. The van der Waals surface area contributed by atoms with Gasteiger partial charge in [-0.2, -0.15) is 0 Å². The summed E-state index contributed by atoms with van der Waals surface area (Å²) in [4.78, 5) is 28.9. The molecule has 4 rings (SSSR count). The molecule has 168 valence electrons. The maximum Gasteiger partial charge on any atom is 0.420 e. The topological polar surface area (TPSA) is 70.4 Å². The number of benzene rings is 2. The molecule has 0 unspecified atom stereocenters. The first-order valence-electron chi connectivity index (χ1n) is 10.2. The van der Waals surface area contributed by atoms with Gasteiger partial charge in [-0.1, -0.05) is 12.1 Å². The Balaban J connectivity index is 1.91. The Labute approximate surface area is 188 Å². The lowest BCUT2D eigenvalue weighted by atomic mass is 9.99. The third kappa shape index (κ3) is 3.95. The maximum absolute atomic E-state index is 14.6. The van der Waals surface area contributed by atoms with E-state index < -0.39 is 23.7 Å². The summed E-state index contributed by atoms with van der Waals surface area (Å²) in [6.45, 7) is 3.57. The van der Waals surface area contributed by atoms with Crippen molar-refractivity contribution in [3.05, 3.63) is 77.5 Å². The van der Waals surface area contributed by atoms with Crippen LogP contribution < -0.4 is 0 Å². The molecule has 2 heterocycles. The minimum absolute atomic E-state index is 0.00135. The van der Waals surface area contributed by atoms with Gasteiger partial charge in [0.05, 0.1) is 30.5 Å². The summed E-state index contributed by atoms with van der Waals surface area (Å²) in [6, 6.07) is 11.9. The van der Waals surface area contributed by atoms with Gasteiger partial charge in [0.15, 0.2) is 0 Å². The number of pyridine rings is 1. The number of hydrogen-bond acceptors (Lipinski definition) is 5. The highest BCUT2D eigenvalue weighted by Gasteiger charge is 2.23. The van der Waals surface area contributed by atoms with E-state index in [1.807, 2.05) is 6.92 Å². The van der Waals surface area contributed by atoms with Crippen molar-refractivity contribution >= 4 is 23.1 Å². The predicted octanol–water partition coefficient (Wildman–Crippen LogP) is 5.75. The molecule has 0 aliphatic carbocycles. The Morgan fingerprint density at radius 2 is 1.79 bits per heavy atom. The van der Waals surface area contributed by atoms with Crippen LogP contribution in [0.1, 0.15) is 22.8 Å². The highest BCUT2D eigenvalue weighted by Crippen LogP contribution is 2.34. The number of halogens is 2. The Bertz CT molecular complexity index is 1370. The van der Waals surface area contributed by atoms with Crippen LogP contribution in [0, 0.1) is 18.6 Å². The predicted molar refractivity (Wildman–Crippen MR) is 119 cm³/mol. The van der Waals surface area contributed by atoms with Gasteiger partial charge >= 0.3 is 12.1 Å². The zero-order valence-corrected chi connectivity index (χ0v) is 18.2. The summed E-state index contributed by atoms with van der Waals surface area (Å²) in [6.07, 6.45) is 0.767. The molecule has 0 saturated heterocycles. The summed E-state index contributed by atoms with van der Waals surface area (Å²) >= 11 is 0. The molecule has 0 atom stereocenters. The quantitative estimate of drug-likeness (QED) is 0.371. The number of ether oxygens (including phenoxy) is 2. The molecule has 0 aliphatic rings. The van der Waals surface area contributed by atoms with Crippen LogP contribution in [0.25, 0.3) is 33.4 Å². The van der Waals surface area contributed by atoms with Crippen molar-refractivity contribution in [1.29, 1.82) is 0 Å². The smallest absolute Gasteiger partial charge is 0.420 e. The van der Waals surface area contributed by atoms with Crippen molar-refractivity contribution in [2.24, 2.45) is 0 Å². The van der Waals surface area contributed by atoms with Gasteiger partial charge in [0, 0.05) is 17.1 Å². The zero-order valence-electron chi connectivity index (χ0n) is 18.2. The molecule has 2 aromatic carbocycles. The van der Waals surface area contributed by atoms with Crippen molar-refractivity contribution in [3.63, 3.8) is 0 Å². The molecule has 33 heavy (non-hydrogen) atoms. The highest BCUT2D eigenvalue weighted by atomic mass is 19.1. The van der Waals surface area contributed by atoms with Crippen molar-refractivity contribution in [2.45, 2.75) is 13.8 Å². The van der Waals surface area contributed by atoms with Gasteiger partial charge in [-0.15, -0.1) is 0 Å². The van der Waals surface area contributed by atoms with E-state index in [2.05, 4.69) is 4.98 Å². The van der Waals surface area contributed by atoms with Gasteiger partial charge in [-0.25, -0.2) is 27.9 Å². The summed E-state index contributed by atoms with van der Waals surface area (Å²) in [7, 11) is 1.31. The first kappa shape index (κ1) is 22.1. The average Bonchev–Trinajstić information content (AvgIpc) is 3.16. The first-order valence-corrected chi connectivity index (χ1v) is 10.2. The van der Waals surface area contributed by atoms with Gasteiger partial charge in [0.25, 0.3) is 0 Å². The molecular formula is C25H20F2N2O4. The summed E-state index contributed by atoms with van der Waals surface area (Å²) < 4.78 is 40.1. The Morgan fingerprint density at radius 3 is 2.42 bits per heavy atom. The number of nitrogens with zero attached hydrogens (tertiary/aromatic N) is 2. The number of rotatable bonds is 4. The van der Waals surface area contributed by atoms with E-state index in [4.69, 9.17) is 9.47 Å². The lowest BCUT2D eigenvalue weighted by molar-refractivity contribution is 0.0600. The molecule has 0 spiro atoms. The second-order valence-corrected chi connectivity index (χ2v) is 7.32. The molecule has 0 fully saturated rings. The van der Waals surface area contributed by atoms with Crippen LogP contribution in [0.5, 0.6) is 0 Å². The van der Waals surface area contributed by atoms with E-state index in [1.165, 1.54) is 19.2 Å². The van der Waals surface area contributed by atoms with Crippen LogP contribution in [0.4, 0.5) is 13.6 Å². The molecule has 0 N–H and O–H groups in total. The van der Waals surface area contributed by atoms with Crippen molar-refractivity contribution in [2.75, 3.05) is 13.7 Å². The van der Waals surface area contributed by atoms with Crippen molar-refractivity contribution < 1.29 is 27.8 Å². The molecular weight excluding hydrogens is 430 g/mol. The highest BCUT2D eigenvalue weighted by molar-refractivity contribution is 5.96. The second-order valence-electron chi connectivity index (χ2n) is 7.32. The van der Waals surface area contributed by atoms with Crippen LogP contribution in [0.15, 0.2) is 54.7 Å². The fourth-order valence-corrected chi connectivity index (χ4v) is 3.77. The molecule has 8 heteroatoms. The number of aromatic nitrogens is 2. The van der Waals surface area contributed by atoms with Crippen LogP contribution in [-0.4, -0.2) is 35.3 Å². The summed E-state index contributed by atoms with van der Waals surface area (Å²) in [5.74, 6) is -2.06. The van der Waals surface area contributed by atoms with Crippen LogP contribution in [-0.2, 0) is 9.47 Å². The summed E-state index contributed by atoms with van der Waals surface area (Å²) in [5.41, 5.74) is 2.60. The number of aryl methyl sites for hydroxylation is 1. The molecule has 0 radical (unpaired) electrons. The third-order valence-corrected chi connectivity index (χ3v) is 5.27. The van der Waals surface area contributed by atoms with Gasteiger partial charge in [0.1, 0.15) is 17.3 Å². The number of methoxy groups -OCH3 is 1. The van der Waals surface area contributed by atoms with Crippen LogP contribution >= 0.6 is 0 Å². The van der Waals surface area contributed by atoms with Crippen LogP contribution in [0.2, 0.25) is 0 Å². The SMILES string of the molecule is CCOC(=O)n1c(-c2c(F)cccc2F)cc2cc(-c3ccc(C(=O)OC)cc3C)cnc21. The first-order chi connectivity index (χ1) is 15.8. The second kappa shape index (κ2) is 8.82.